The Balaban J connectivity index is 1.40. The summed E-state index contributed by atoms with van der Waals surface area (Å²) in [4.78, 5) is 16.7. The maximum absolute atomic E-state index is 12.2. The summed E-state index contributed by atoms with van der Waals surface area (Å²) < 4.78 is 29.8. The second-order valence-electron chi connectivity index (χ2n) is 6.60. The molecule has 0 atom stereocenters. The number of amides is 1. The number of carbonyl (C=O) groups is 1. The Labute approximate surface area is 178 Å². The van der Waals surface area contributed by atoms with E-state index in [1.54, 1.807) is 12.1 Å². The predicted octanol–water partition coefficient (Wildman–Crippen LogP) is 2.98. The lowest BCUT2D eigenvalue weighted by atomic mass is 10.3. The zero-order valence-corrected chi connectivity index (χ0v) is 18.5. The van der Waals surface area contributed by atoms with Crippen LogP contribution in [0.15, 0.2) is 57.9 Å². The van der Waals surface area contributed by atoms with Gasteiger partial charge in [-0.25, -0.2) is 18.1 Å². The van der Waals surface area contributed by atoms with Crippen LogP contribution in [0.4, 0.5) is 0 Å². The Hall–Kier alpha value is -2.23. The van der Waals surface area contributed by atoms with Gasteiger partial charge >= 0.3 is 0 Å². The molecule has 154 valence electrons. The summed E-state index contributed by atoms with van der Waals surface area (Å²) in [6, 6.07) is 14.3. The number of fused-ring (bicyclic) bond motifs is 1. The predicted molar refractivity (Wildman–Crippen MR) is 116 cm³/mol. The summed E-state index contributed by atoms with van der Waals surface area (Å²) in [6.07, 6.45) is 0.848. The molecule has 29 heavy (non-hydrogen) atoms. The van der Waals surface area contributed by atoms with Crippen molar-refractivity contribution < 1.29 is 13.2 Å². The third-order valence-electron chi connectivity index (χ3n) is 4.49. The van der Waals surface area contributed by atoms with E-state index in [4.69, 9.17) is 0 Å². The molecule has 0 radical (unpaired) electrons. The van der Waals surface area contributed by atoms with Crippen LogP contribution in [0.2, 0.25) is 0 Å². The number of aromatic nitrogens is 2. The van der Waals surface area contributed by atoms with Gasteiger partial charge in [0.05, 0.1) is 15.9 Å². The number of imidazole rings is 1. The number of sulfonamides is 1. The van der Waals surface area contributed by atoms with Crippen LogP contribution in [0.3, 0.4) is 0 Å². The van der Waals surface area contributed by atoms with Crippen molar-refractivity contribution in [2.45, 2.75) is 31.2 Å². The highest BCUT2D eigenvalue weighted by Gasteiger charge is 2.14. The van der Waals surface area contributed by atoms with Gasteiger partial charge in [-0.15, -0.1) is 0 Å². The number of aryl methyl sites for hydroxylation is 2. The molecule has 0 unspecified atom stereocenters. The molecule has 0 aliphatic carbocycles. The smallest absolute Gasteiger partial charge is 0.240 e. The van der Waals surface area contributed by atoms with E-state index < -0.39 is 10.0 Å². The number of nitrogens with zero attached hydrogens (tertiary/aromatic N) is 2. The Kier molecular flexibility index (Phi) is 7.05. The van der Waals surface area contributed by atoms with Crippen molar-refractivity contribution in [2.75, 3.05) is 13.1 Å². The SMILES string of the molecule is Cc1nc2ccccc2n1CCCNC(=O)CCNS(=O)(=O)c1ccc(Br)cc1. The number of nitrogens with one attached hydrogen (secondary N) is 2. The first-order chi connectivity index (χ1) is 13.9. The van der Waals surface area contributed by atoms with Crippen molar-refractivity contribution >= 4 is 42.9 Å². The van der Waals surface area contributed by atoms with Crippen LogP contribution in [0, 0.1) is 6.92 Å². The lowest BCUT2D eigenvalue weighted by molar-refractivity contribution is -0.120. The monoisotopic (exact) mass is 478 g/mol. The van der Waals surface area contributed by atoms with Gasteiger partial charge in [-0.2, -0.15) is 0 Å². The fraction of sp³-hybridized carbons (Fsp3) is 0.300. The largest absolute Gasteiger partial charge is 0.356 e. The van der Waals surface area contributed by atoms with Gasteiger partial charge < -0.3 is 9.88 Å². The number of para-hydroxylation sites is 2. The molecular weight excluding hydrogens is 456 g/mol. The van der Waals surface area contributed by atoms with Crippen LogP contribution in [0.5, 0.6) is 0 Å². The van der Waals surface area contributed by atoms with Crippen LogP contribution in [-0.4, -0.2) is 37.0 Å². The highest BCUT2D eigenvalue weighted by atomic mass is 79.9. The average molecular weight is 479 g/mol. The van der Waals surface area contributed by atoms with Gasteiger partial charge in [0.15, 0.2) is 0 Å². The molecular formula is C20H23BrN4O3S. The Morgan fingerprint density at radius 3 is 2.59 bits per heavy atom. The molecule has 0 bridgehead atoms. The number of benzene rings is 2. The topological polar surface area (TPSA) is 93.1 Å². The molecule has 0 aliphatic rings. The summed E-state index contributed by atoms with van der Waals surface area (Å²) in [5, 5.41) is 2.83. The van der Waals surface area contributed by atoms with Crippen LogP contribution >= 0.6 is 15.9 Å². The van der Waals surface area contributed by atoms with Crippen molar-refractivity contribution in [1.82, 2.24) is 19.6 Å². The molecule has 7 nitrogen and oxygen atoms in total. The van der Waals surface area contributed by atoms with E-state index in [-0.39, 0.29) is 23.8 Å². The minimum absolute atomic E-state index is 0.0511. The van der Waals surface area contributed by atoms with Gasteiger partial charge in [0.2, 0.25) is 15.9 Å². The molecule has 0 spiro atoms. The van der Waals surface area contributed by atoms with E-state index in [0.717, 1.165) is 34.3 Å². The maximum atomic E-state index is 12.2. The summed E-state index contributed by atoms with van der Waals surface area (Å²) >= 11 is 3.27. The van der Waals surface area contributed by atoms with Crippen LogP contribution in [0.1, 0.15) is 18.7 Å². The number of hydrogen-bond donors (Lipinski definition) is 2. The molecule has 9 heteroatoms. The standard InChI is InChI=1S/C20H23BrN4O3S/c1-15-24-18-5-2-3-6-19(18)25(15)14-4-12-22-20(26)11-13-23-29(27,28)17-9-7-16(21)8-10-17/h2-3,5-10,23H,4,11-14H2,1H3,(H,22,26). The first-order valence-corrected chi connectivity index (χ1v) is 11.6. The lowest BCUT2D eigenvalue weighted by Crippen LogP contribution is -2.31. The molecule has 1 heterocycles. The van der Waals surface area contributed by atoms with Crippen LogP contribution in [0.25, 0.3) is 11.0 Å². The van der Waals surface area contributed by atoms with Crippen molar-refractivity contribution in [1.29, 1.82) is 0 Å². The van der Waals surface area contributed by atoms with E-state index in [2.05, 4.69) is 35.5 Å². The molecule has 0 saturated heterocycles. The maximum Gasteiger partial charge on any atom is 0.240 e. The summed E-state index contributed by atoms with van der Waals surface area (Å²) in [6.45, 7) is 3.29. The van der Waals surface area contributed by atoms with E-state index in [1.807, 2.05) is 31.2 Å². The minimum atomic E-state index is -3.61. The van der Waals surface area contributed by atoms with Gasteiger partial charge in [-0.05, 0) is 49.7 Å². The van der Waals surface area contributed by atoms with E-state index in [0.29, 0.717) is 6.54 Å². The molecule has 1 aromatic heterocycles. The Morgan fingerprint density at radius 2 is 1.83 bits per heavy atom. The number of carbonyl (C=O) groups excluding carboxylic acids is 1. The van der Waals surface area contributed by atoms with E-state index in [1.165, 1.54) is 12.1 Å². The molecule has 2 aromatic carbocycles. The number of rotatable bonds is 9. The number of hydrogen-bond acceptors (Lipinski definition) is 4. The molecule has 1 amide bonds. The van der Waals surface area contributed by atoms with Gasteiger partial charge in [-0.3, -0.25) is 4.79 Å². The van der Waals surface area contributed by atoms with E-state index in [9.17, 15) is 13.2 Å². The first-order valence-electron chi connectivity index (χ1n) is 9.30. The van der Waals surface area contributed by atoms with Gasteiger partial charge in [0.1, 0.15) is 5.82 Å². The minimum Gasteiger partial charge on any atom is -0.356 e. The summed E-state index contributed by atoms with van der Waals surface area (Å²) in [5.41, 5.74) is 2.05. The van der Waals surface area contributed by atoms with E-state index >= 15 is 0 Å². The van der Waals surface area contributed by atoms with Gasteiger partial charge in [0.25, 0.3) is 0 Å². The highest BCUT2D eigenvalue weighted by molar-refractivity contribution is 9.10. The fourth-order valence-corrected chi connectivity index (χ4v) is 4.32. The molecule has 2 N–H and O–H groups in total. The van der Waals surface area contributed by atoms with Crippen molar-refractivity contribution in [3.8, 4) is 0 Å². The van der Waals surface area contributed by atoms with Gasteiger partial charge in [0, 0.05) is 30.5 Å². The molecule has 3 rings (SSSR count). The second kappa shape index (κ2) is 9.51. The Bertz CT molecular complexity index is 1090. The molecule has 3 aromatic rings. The number of halogens is 1. The van der Waals surface area contributed by atoms with Crippen molar-refractivity contribution in [3.05, 3.63) is 58.8 Å². The summed E-state index contributed by atoms with van der Waals surface area (Å²) in [7, 11) is -3.61. The Morgan fingerprint density at radius 1 is 1.10 bits per heavy atom. The van der Waals surface area contributed by atoms with Crippen molar-refractivity contribution in [2.24, 2.45) is 0 Å². The molecule has 0 aliphatic heterocycles. The third kappa shape index (κ3) is 5.65. The van der Waals surface area contributed by atoms with Crippen LogP contribution in [-0.2, 0) is 21.4 Å². The highest BCUT2D eigenvalue weighted by Crippen LogP contribution is 2.16. The third-order valence-corrected chi connectivity index (χ3v) is 6.50. The quantitative estimate of drug-likeness (QED) is 0.462. The normalized spacial score (nSPS) is 11.7. The van der Waals surface area contributed by atoms with Gasteiger partial charge in [-0.1, -0.05) is 28.1 Å². The molecule has 0 saturated carbocycles. The zero-order valence-electron chi connectivity index (χ0n) is 16.1. The lowest BCUT2D eigenvalue weighted by Gasteiger charge is -2.09. The van der Waals surface area contributed by atoms with Crippen LogP contribution < -0.4 is 10.0 Å². The average Bonchev–Trinajstić information content (AvgIpc) is 3.00. The second-order valence-corrected chi connectivity index (χ2v) is 9.29. The zero-order chi connectivity index (χ0) is 20.9. The fourth-order valence-electron chi connectivity index (χ4n) is 3.03. The first kappa shape index (κ1) is 21.5. The summed E-state index contributed by atoms with van der Waals surface area (Å²) in [5.74, 6) is 0.760. The van der Waals surface area contributed by atoms with Crippen molar-refractivity contribution in [3.63, 3.8) is 0 Å². The molecule has 0 fully saturated rings.